The number of para-hydroxylation sites is 1. The summed E-state index contributed by atoms with van der Waals surface area (Å²) in [5.74, 6) is -1.82. The van der Waals surface area contributed by atoms with Gasteiger partial charge in [-0.3, -0.25) is 4.98 Å². The average molecular weight is 467 g/mol. The van der Waals surface area contributed by atoms with Crippen molar-refractivity contribution in [1.82, 2.24) is 10.3 Å². The lowest BCUT2D eigenvalue weighted by atomic mass is 9.98. The van der Waals surface area contributed by atoms with Crippen LogP contribution in [-0.4, -0.2) is 41.4 Å². The summed E-state index contributed by atoms with van der Waals surface area (Å²) in [5, 5.41) is 12.4. The van der Waals surface area contributed by atoms with Gasteiger partial charge < -0.3 is 15.2 Å². The first-order valence-electron chi connectivity index (χ1n) is 9.98. The highest BCUT2D eigenvalue weighted by molar-refractivity contribution is 6.31. The average Bonchev–Trinajstić information content (AvgIpc) is 2.75. The number of nitrogens with zero attached hydrogens (tertiary/aromatic N) is 1. The summed E-state index contributed by atoms with van der Waals surface area (Å²) in [6, 6.07) is 14.2. The van der Waals surface area contributed by atoms with Crippen LogP contribution in [0.4, 0.5) is 13.2 Å². The Balaban J connectivity index is 0.000000360. The molecular weight excluding hydrogens is 445 g/mol. The maximum Gasteiger partial charge on any atom is 0.490 e. The van der Waals surface area contributed by atoms with Crippen molar-refractivity contribution in [2.45, 2.75) is 32.0 Å². The predicted molar refractivity (Wildman–Crippen MR) is 117 cm³/mol. The van der Waals surface area contributed by atoms with Gasteiger partial charge in [0.2, 0.25) is 0 Å². The highest BCUT2D eigenvalue weighted by Gasteiger charge is 2.38. The lowest BCUT2D eigenvalue weighted by Gasteiger charge is -2.26. The second kappa shape index (κ2) is 10.2. The number of carbonyl (C=O) groups is 1. The van der Waals surface area contributed by atoms with Crippen molar-refractivity contribution in [3.05, 3.63) is 59.2 Å². The third-order valence-corrected chi connectivity index (χ3v) is 5.21. The zero-order chi connectivity index (χ0) is 23.3. The smallest absolute Gasteiger partial charge is 0.489 e. The van der Waals surface area contributed by atoms with Crippen molar-refractivity contribution in [2.75, 3.05) is 13.1 Å². The molecule has 1 fully saturated rings. The van der Waals surface area contributed by atoms with Crippen LogP contribution in [0.1, 0.15) is 18.4 Å². The number of pyridine rings is 1. The summed E-state index contributed by atoms with van der Waals surface area (Å²) < 4.78 is 38.2. The Morgan fingerprint density at radius 3 is 2.47 bits per heavy atom. The number of hydrogen-bond donors (Lipinski definition) is 2. The minimum atomic E-state index is -5.08. The lowest BCUT2D eigenvalue weighted by molar-refractivity contribution is -0.192. The number of ether oxygens (including phenoxy) is 1. The van der Waals surface area contributed by atoms with Gasteiger partial charge in [-0.1, -0.05) is 29.8 Å². The van der Waals surface area contributed by atoms with Gasteiger partial charge in [0.15, 0.2) is 0 Å². The molecule has 2 N–H and O–H groups in total. The van der Waals surface area contributed by atoms with Crippen molar-refractivity contribution in [2.24, 2.45) is 0 Å². The van der Waals surface area contributed by atoms with Crippen LogP contribution in [-0.2, 0) is 4.79 Å². The third kappa shape index (κ3) is 5.89. The van der Waals surface area contributed by atoms with Crippen molar-refractivity contribution in [3.63, 3.8) is 0 Å². The van der Waals surface area contributed by atoms with Crippen molar-refractivity contribution in [1.29, 1.82) is 0 Å². The molecule has 0 amide bonds. The van der Waals surface area contributed by atoms with E-state index in [9.17, 15) is 13.2 Å². The first-order chi connectivity index (χ1) is 15.2. The van der Waals surface area contributed by atoms with Gasteiger partial charge in [0.05, 0.1) is 5.52 Å². The Hall–Kier alpha value is -2.84. The molecule has 0 spiro atoms. The van der Waals surface area contributed by atoms with Crippen LogP contribution in [0.2, 0.25) is 5.02 Å². The van der Waals surface area contributed by atoms with E-state index < -0.39 is 12.1 Å². The molecule has 0 unspecified atom stereocenters. The molecule has 3 aromatic rings. The summed E-state index contributed by atoms with van der Waals surface area (Å²) in [6.07, 6.45) is -0.938. The van der Waals surface area contributed by atoms with Crippen molar-refractivity contribution >= 4 is 28.5 Å². The fourth-order valence-corrected chi connectivity index (χ4v) is 3.77. The van der Waals surface area contributed by atoms with Gasteiger partial charge >= 0.3 is 12.1 Å². The number of aliphatic carboxylic acids is 1. The summed E-state index contributed by atoms with van der Waals surface area (Å²) in [6.45, 7) is 4.07. The monoisotopic (exact) mass is 466 g/mol. The van der Waals surface area contributed by atoms with E-state index in [0.29, 0.717) is 0 Å². The molecule has 0 aliphatic carbocycles. The molecule has 32 heavy (non-hydrogen) atoms. The normalized spacial score (nSPS) is 14.5. The number of hydrogen-bond acceptors (Lipinski definition) is 4. The topological polar surface area (TPSA) is 71.5 Å². The van der Waals surface area contributed by atoms with Crippen LogP contribution in [0.15, 0.2) is 48.7 Å². The van der Waals surface area contributed by atoms with E-state index in [1.807, 2.05) is 42.6 Å². The zero-order valence-corrected chi connectivity index (χ0v) is 18.0. The first-order valence-corrected chi connectivity index (χ1v) is 10.4. The van der Waals surface area contributed by atoms with E-state index >= 15 is 0 Å². The maximum absolute atomic E-state index is 10.6. The van der Waals surface area contributed by atoms with Gasteiger partial charge in [-0.15, -0.1) is 0 Å². The molecule has 1 saturated heterocycles. The number of rotatable bonds is 3. The number of nitrogens with one attached hydrogen (secondary N) is 1. The number of aryl methyl sites for hydroxylation is 1. The molecule has 1 aromatic heterocycles. The highest BCUT2D eigenvalue weighted by atomic mass is 35.5. The Labute approximate surface area is 188 Å². The van der Waals surface area contributed by atoms with E-state index in [1.165, 1.54) is 0 Å². The van der Waals surface area contributed by atoms with E-state index in [1.54, 1.807) is 0 Å². The van der Waals surface area contributed by atoms with E-state index in [4.69, 9.17) is 26.2 Å². The number of aromatic nitrogens is 1. The van der Waals surface area contributed by atoms with Crippen LogP contribution in [0.25, 0.3) is 22.0 Å². The Bertz CT molecular complexity index is 1090. The highest BCUT2D eigenvalue weighted by Crippen LogP contribution is 2.39. The quantitative estimate of drug-likeness (QED) is 0.523. The molecule has 1 aliphatic rings. The predicted octanol–water partition coefficient (Wildman–Crippen LogP) is 5.63. The Morgan fingerprint density at radius 1 is 1.16 bits per heavy atom. The number of carboxylic acid groups (broad SMARTS) is 1. The molecule has 2 heterocycles. The molecular formula is C23H22ClF3N2O3. The van der Waals surface area contributed by atoms with Crippen LogP contribution in [0.3, 0.4) is 0 Å². The van der Waals surface area contributed by atoms with Crippen LogP contribution < -0.4 is 10.1 Å². The summed E-state index contributed by atoms with van der Waals surface area (Å²) >= 11 is 6.38. The van der Waals surface area contributed by atoms with Gasteiger partial charge in [-0.05, 0) is 68.2 Å². The van der Waals surface area contributed by atoms with Crippen LogP contribution in [0.5, 0.6) is 5.75 Å². The van der Waals surface area contributed by atoms with E-state index in [0.717, 1.165) is 64.3 Å². The second-order valence-electron chi connectivity index (χ2n) is 7.35. The minimum Gasteiger partial charge on any atom is -0.489 e. The second-order valence-corrected chi connectivity index (χ2v) is 7.78. The Morgan fingerprint density at radius 2 is 1.81 bits per heavy atom. The Kier molecular flexibility index (Phi) is 7.58. The molecule has 1 aliphatic heterocycles. The largest absolute Gasteiger partial charge is 0.490 e. The standard InChI is InChI=1S/C21H21ClN2O.C2HF3O2/c1-14-12-15(22)13-19(21(14)25-16-6-9-23-10-7-16)17-8-11-24-20-5-3-2-4-18(17)20;3-2(4,5)1(6)7/h2-5,8,11-13,16,23H,6-7,9-10H2,1H3;(H,6,7). The molecule has 2 aromatic carbocycles. The number of piperidine rings is 1. The number of carboxylic acids is 1. The lowest BCUT2D eigenvalue weighted by Crippen LogP contribution is -2.34. The van der Waals surface area contributed by atoms with Gasteiger partial charge in [0.1, 0.15) is 11.9 Å². The fourth-order valence-electron chi connectivity index (χ4n) is 3.50. The fraction of sp³-hybridized carbons (Fsp3) is 0.304. The van der Waals surface area contributed by atoms with Crippen molar-refractivity contribution in [3.8, 4) is 16.9 Å². The van der Waals surface area contributed by atoms with Crippen LogP contribution >= 0.6 is 11.6 Å². The van der Waals surface area contributed by atoms with Gasteiger partial charge in [0.25, 0.3) is 0 Å². The molecule has 0 saturated carbocycles. The number of halogens is 4. The minimum absolute atomic E-state index is 0.243. The number of fused-ring (bicyclic) bond motifs is 1. The van der Waals surface area contributed by atoms with Gasteiger partial charge in [0, 0.05) is 22.2 Å². The first kappa shape index (κ1) is 23.8. The van der Waals surface area contributed by atoms with E-state index in [2.05, 4.69) is 23.3 Å². The van der Waals surface area contributed by atoms with Crippen molar-refractivity contribution < 1.29 is 27.8 Å². The molecule has 170 valence electrons. The van der Waals surface area contributed by atoms with Gasteiger partial charge in [-0.2, -0.15) is 13.2 Å². The SMILES string of the molecule is Cc1cc(Cl)cc(-c2ccnc3ccccc23)c1OC1CCNCC1.O=C(O)C(F)(F)F. The summed E-state index contributed by atoms with van der Waals surface area (Å²) in [4.78, 5) is 13.4. The summed E-state index contributed by atoms with van der Waals surface area (Å²) in [7, 11) is 0. The van der Waals surface area contributed by atoms with Crippen LogP contribution in [0, 0.1) is 6.92 Å². The molecule has 5 nitrogen and oxygen atoms in total. The molecule has 4 rings (SSSR count). The number of alkyl halides is 3. The molecule has 0 bridgehead atoms. The van der Waals surface area contributed by atoms with E-state index in [-0.39, 0.29) is 6.10 Å². The third-order valence-electron chi connectivity index (χ3n) is 4.99. The molecule has 0 atom stereocenters. The summed E-state index contributed by atoms with van der Waals surface area (Å²) in [5.41, 5.74) is 4.20. The van der Waals surface area contributed by atoms with Gasteiger partial charge in [-0.25, -0.2) is 4.79 Å². The number of benzene rings is 2. The maximum atomic E-state index is 10.6. The molecule has 9 heteroatoms. The molecule has 0 radical (unpaired) electrons. The zero-order valence-electron chi connectivity index (χ0n) is 17.2.